The first kappa shape index (κ1) is 16.4. The molecule has 3 heterocycles. The molecular weight excluding hydrogens is 310 g/mol. The number of likely N-dealkylation sites (tertiary alicyclic amines) is 2. The zero-order chi connectivity index (χ0) is 17.3. The highest BCUT2D eigenvalue weighted by molar-refractivity contribution is 5.90. The molecule has 24 heavy (non-hydrogen) atoms. The summed E-state index contributed by atoms with van der Waals surface area (Å²) in [7, 11) is 0. The Morgan fingerprint density at radius 1 is 1.42 bits per heavy atom. The Labute approximate surface area is 140 Å². The third kappa shape index (κ3) is 3.11. The molecule has 7 heteroatoms. The quantitative estimate of drug-likeness (QED) is 0.879. The Morgan fingerprint density at radius 3 is 2.83 bits per heavy atom. The van der Waals surface area contributed by atoms with E-state index in [2.05, 4.69) is 4.98 Å². The van der Waals surface area contributed by atoms with Gasteiger partial charge in [0, 0.05) is 32.3 Å². The van der Waals surface area contributed by atoms with Gasteiger partial charge in [-0.2, -0.15) is 0 Å². The SMILES string of the molecule is C[C@]1(C(=O)O)CCN(C(=O)[C@@H]2CC(=O)N(Cc3ccccn3)C2)C1. The molecule has 0 radical (unpaired) electrons. The highest BCUT2D eigenvalue weighted by Gasteiger charge is 2.45. The number of nitrogens with zero attached hydrogens (tertiary/aromatic N) is 3. The van der Waals surface area contributed by atoms with Gasteiger partial charge >= 0.3 is 5.97 Å². The van der Waals surface area contributed by atoms with Crippen LogP contribution in [0.2, 0.25) is 0 Å². The van der Waals surface area contributed by atoms with Crippen LogP contribution in [-0.4, -0.2) is 57.3 Å². The zero-order valence-electron chi connectivity index (χ0n) is 13.6. The van der Waals surface area contributed by atoms with Gasteiger partial charge in [-0.25, -0.2) is 0 Å². The highest BCUT2D eigenvalue weighted by atomic mass is 16.4. The van der Waals surface area contributed by atoms with Gasteiger partial charge in [0.05, 0.1) is 23.6 Å². The largest absolute Gasteiger partial charge is 0.481 e. The van der Waals surface area contributed by atoms with Crippen molar-refractivity contribution in [1.82, 2.24) is 14.8 Å². The molecule has 2 saturated heterocycles. The Balaban J connectivity index is 1.61. The van der Waals surface area contributed by atoms with Gasteiger partial charge in [0.1, 0.15) is 0 Å². The Morgan fingerprint density at radius 2 is 2.21 bits per heavy atom. The van der Waals surface area contributed by atoms with Crippen molar-refractivity contribution in [3.05, 3.63) is 30.1 Å². The van der Waals surface area contributed by atoms with Crippen LogP contribution in [0, 0.1) is 11.3 Å². The molecule has 1 aromatic rings. The highest BCUT2D eigenvalue weighted by Crippen LogP contribution is 2.32. The molecule has 0 spiro atoms. The Kier molecular flexibility index (Phi) is 4.26. The number of carbonyl (C=O) groups is 3. The molecule has 0 bridgehead atoms. The second kappa shape index (κ2) is 6.22. The van der Waals surface area contributed by atoms with Gasteiger partial charge in [0.25, 0.3) is 0 Å². The van der Waals surface area contributed by atoms with E-state index in [0.717, 1.165) is 5.69 Å². The summed E-state index contributed by atoms with van der Waals surface area (Å²) in [5.74, 6) is -1.44. The Bertz CT molecular complexity index is 663. The number of hydrogen-bond acceptors (Lipinski definition) is 4. The Hall–Kier alpha value is -2.44. The number of aromatic nitrogens is 1. The van der Waals surface area contributed by atoms with Crippen molar-refractivity contribution in [2.24, 2.45) is 11.3 Å². The number of pyridine rings is 1. The molecule has 1 N–H and O–H groups in total. The van der Waals surface area contributed by atoms with E-state index in [4.69, 9.17) is 0 Å². The summed E-state index contributed by atoms with van der Waals surface area (Å²) in [6.07, 6.45) is 2.31. The maximum Gasteiger partial charge on any atom is 0.311 e. The number of carboxylic acids is 1. The van der Waals surface area contributed by atoms with Crippen LogP contribution in [0.3, 0.4) is 0 Å². The maximum atomic E-state index is 12.6. The van der Waals surface area contributed by atoms with Gasteiger partial charge in [-0.15, -0.1) is 0 Å². The lowest BCUT2D eigenvalue weighted by atomic mass is 9.90. The number of aliphatic carboxylic acids is 1. The summed E-state index contributed by atoms with van der Waals surface area (Å²) in [5.41, 5.74) is -0.0927. The summed E-state index contributed by atoms with van der Waals surface area (Å²) >= 11 is 0. The number of carbonyl (C=O) groups excluding carboxylic acids is 2. The molecule has 2 amide bonds. The van der Waals surface area contributed by atoms with E-state index in [1.807, 2.05) is 18.2 Å². The fourth-order valence-corrected chi connectivity index (χ4v) is 3.36. The van der Waals surface area contributed by atoms with Gasteiger partial charge in [0.2, 0.25) is 11.8 Å². The molecule has 2 aliphatic rings. The zero-order valence-corrected chi connectivity index (χ0v) is 13.6. The van der Waals surface area contributed by atoms with Gasteiger partial charge in [0.15, 0.2) is 0 Å². The van der Waals surface area contributed by atoms with Crippen LogP contribution in [0.5, 0.6) is 0 Å². The monoisotopic (exact) mass is 331 g/mol. The molecule has 1 aromatic heterocycles. The van der Waals surface area contributed by atoms with E-state index < -0.39 is 17.3 Å². The maximum absolute atomic E-state index is 12.6. The van der Waals surface area contributed by atoms with Crippen LogP contribution < -0.4 is 0 Å². The first-order valence-electron chi connectivity index (χ1n) is 8.09. The number of carboxylic acid groups (broad SMARTS) is 1. The van der Waals surface area contributed by atoms with Crippen LogP contribution in [0.15, 0.2) is 24.4 Å². The number of amides is 2. The molecule has 3 rings (SSSR count). The lowest BCUT2D eigenvalue weighted by Crippen LogP contribution is -2.38. The van der Waals surface area contributed by atoms with E-state index in [1.54, 1.807) is 22.9 Å². The molecule has 2 atom stereocenters. The van der Waals surface area contributed by atoms with Crippen LogP contribution in [-0.2, 0) is 20.9 Å². The second-order valence-corrected chi connectivity index (χ2v) is 6.87. The van der Waals surface area contributed by atoms with Crippen molar-refractivity contribution in [1.29, 1.82) is 0 Å². The predicted molar refractivity (Wildman–Crippen MR) is 84.7 cm³/mol. The average molecular weight is 331 g/mol. The molecule has 128 valence electrons. The molecule has 2 aliphatic heterocycles. The first-order chi connectivity index (χ1) is 11.4. The van der Waals surface area contributed by atoms with Crippen molar-refractivity contribution in [2.75, 3.05) is 19.6 Å². The summed E-state index contributed by atoms with van der Waals surface area (Å²) in [5, 5.41) is 9.28. The third-order valence-electron chi connectivity index (χ3n) is 4.94. The summed E-state index contributed by atoms with van der Waals surface area (Å²) in [6, 6.07) is 5.53. The van der Waals surface area contributed by atoms with Gasteiger partial charge < -0.3 is 14.9 Å². The predicted octanol–water partition coefficient (Wildman–Crippen LogP) is 0.753. The van der Waals surface area contributed by atoms with Crippen LogP contribution in [0.25, 0.3) is 0 Å². The van der Waals surface area contributed by atoms with Crippen LogP contribution in [0.1, 0.15) is 25.5 Å². The van der Waals surface area contributed by atoms with Gasteiger partial charge in [-0.1, -0.05) is 6.07 Å². The van der Waals surface area contributed by atoms with E-state index in [-0.39, 0.29) is 24.8 Å². The van der Waals surface area contributed by atoms with E-state index >= 15 is 0 Å². The molecule has 7 nitrogen and oxygen atoms in total. The normalized spacial score (nSPS) is 26.9. The van der Waals surface area contributed by atoms with E-state index in [9.17, 15) is 19.5 Å². The molecule has 0 aromatic carbocycles. The number of rotatable bonds is 4. The van der Waals surface area contributed by atoms with Crippen molar-refractivity contribution in [3.63, 3.8) is 0 Å². The molecular formula is C17H21N3O4. The standard InChI is InChI=1S/C17H21N3O4/c1-17(16(23)24)5-7-19(11-17)15(22)12-8-14(21)20(9-12)10-13-4-2-3-6-18-13/h2-4,6,12H,5,7-11H2,1H3,(H,23,24)/t12-,17+/m1/s1. The smallest absolute Gasteiger partial charge is 0.311 e. The van der Waals surface area contributed by atoms with Crippen LogP contribution >= 0.6 is 0 Å². The van der Waals surface area contributed by atoms with E-state index in [1.165, 1.54) is 0 Å². The van der Waals surface area contributed by atoms with Crippen LogP contribution in [0.4, 0.5) is 0 Å². The average Bonchev–Trinajstić information content (AvgIpc) is 3.13. The minimum atomic E-state index is -0.883. The first-order valence-corrected chi connectivity index (χ1v) is 8.09. The van der Waals surface area contributed by atoms with Gasteiger partial charge in [-0.05, 0) is 25.5 Å². The summed E-state index contributed by atoms with van der Waals surface area (Å²) in [6.45, 7) is 3.08. The van der Waals surface area contributed by atoms with Crippen molar-refractivity contribution in [3.8, 4) is 0 Å². The topological polar surface area (TPSA) is 90.8 Å². The minimum absolute atomic E-state index is 0.0563. The second-order valence-electron chi connectivity index (χ2n) is 6.87. The lowest BCUT2D eigenvalue weighted by molar-refractivity contribution is -0.147. The van der Waals surface area contributed by atoms with Gasteiger partial charge in [-0.3, -0.25) is 19.4 Å². The number of hydrogen-bond donors (Lipinski definition) is 1. The molecule has 0 saturated carbocycles. The van der Waals surface area contributed by atoms with Crippen molar-refractivity contribution >= 4 is 17.8 Å². The lowest BCUT2D eigenvalue weighted by Gasteiger charge is -2.23. The molecule has 2 fully saturated rings. The van der Waals surface area contributed by atoms with E-state index in [0.29, 0.717) is 26.1 Å². The fourth-order valence-electron chi connectivity index (χ4n) is 3.36. The molecule has 0 unspecified atom stereocenters. The fraction of sp³-hybridized carbons (Fsp3) is 0.529. The van der Waals surface area contributed by atoms with Crippen molar-refractivity contribution < 1.29 is 19.5 Å². The van der Waals surface area contributed by atoms with Crippen molar-refractivity contribution in [2.45, 2.75) is 26.3 Å². The molecule has 0 aliphatic carbocycles. The summed E-state index contributed by atoms with van der Waals surface area (Å²) < 4.78 is 0. The third-order valence-corrected chi connectivity index (χ3v) is 4.94. The minimum Gasteiger partial charge on any atom is -0.481 e. The summed E-state index contributed by atoms with van der Waals surface area (Å²) in [4.78, 5) is 43.6.